The van der Waals surface area contributed by atoms with Gasteiger partial charge in [0.25, 0.3) is 0 Å². The molecule has 0 saturated heterocycles. The van der Waals surface area contributed by atoms with Crippen LogP contribution in [0.5, 0.6) is 0 Å². The molecule has 7 rings (SSSR count). The number of nitrogens with zero attached hydrogens (tertiary/aromatic N) is 11. The van der Waals surface area contributed by atoms with Crippen molar-refractivity contribution in [3.63, 3.8) is 0 Å². The summed E-state index contributed by atoms with van der Waals surface area (Å²) in [5, 5.41) is 10.1. The molecule has 0 amide bonds. The monoisotopic (exact) mass is 1980 g/mol. The molecule has 0 aliphatic heterocycles. The van der Waals surface area contributed by atoms with Crippen molar-refractivity contribution in [3.8, 4) is 0 Å². The van der Waals surface area contributed by atoms with Crippen LogP contribution in [0.25, 0.3) is 0 Å². The van der Waals surface area contributed by atoms with Crippen molar-refractivity contribution in [1.29, 1.82) is 0 Å². The van der Waals surface area contributed by atoms with Gasteiger partial charge in [-0.05, 0) is 170 Å². The second kappa shape index (κ2) is 56.9. The van der Waals surface area contributed by atoms with Crippen LogP contribution in [0.2, 0.25) is 0 Å². The summed E-state index contributed by atoms with van der Waals surface area (Å²) in [5.74, 6) is 0. The van der Waals surface area contributed by atoms with E-state index in [9.17, 15) is 33.6 Å². The summed E-state index contributed by atoms with van der Waals surface area (Å²) in [4.78, 5) is 108. The van der Waals surface area contributed by atoms with Crippen molar-refractivity contribution in [1.82, 2.24) is 34.3 Å². The van der Waals surface area contributed by atoms with E-state index in [4.69, 9.17) is 85.5 Å². The first-order valence-corrected chi connectivity index (χ1v) is 52.0. The molecule has 756 valence electrons. The van der Waals surface area contributed by atoms with Crippen molar-refractivity contribution in [2.75, 3.05) is 249 Å². The van der Waals surface area contributed by atoms with Crippen LogP contribution in [0.15, 0.2) is 33.6 Å². The lowest BCUT2D eigenvalue weighted by molar-refractivity contribution is 0.285. The van der Waals surface area contributed by atoms with Crippen LogP contribution >= 0.6 is 85.5 Å². The summed E-state index contributed by atoms with van der Waals surface area (Å²) in [7, 11) is 14.4. The molecule has 0 aliphatic carbocycles. The van der Waals surface area contributed by atoms with E-state index >= 15 is 0 Å². The Bertz CT molecular complexity index is 5220. The first-order valence-electron chi connectivity index (χ1n) is 49.2. The van der Waals surface area contributed by atoms with Gasteiger partial charge in [0.2, 0.25) is 38.0 Å². The molecule has 0 aliphatic rings. The fourth-order valence-electron chi connectivity index (χ4n) is 16.4. The Morgan fingerprint density at radius 3 is 0.632 bits per heavy atom. The molecule has 21 nitrogen and oxygen atoms in total. The van der Waals surface area contributed by atoms with E-state index < -0.39 is 0 Å². The molecule has 0 saturated carbocycles. The van der Waals surface area contributed by atoms with Crippen LogP contribution in [0.3, 0.4) is 0 Å². The maximum absolute atomic E-state index is 12.0. The average Bonchev–Trinajstić information content (AvgIpc) is 0.500. The van der Waals surface area contributed by atoms with E-state index in [2.05, 4.69) is 292 Å². The van der Waals surface area contributed by atoms with E-state index in [1.54, 1.807) is 0 Å². The van der Waals surface area contributed by atoms with Gasteiger partial charge in [0.15, 0.2) is 0 Å². The predicted octanol–water partition coefficient (Wildman–Crippen LogP) is 20.2. The molecule has 28 heteroatoms. The lowest BCUT2D eigenvalue weighted by Gasteiger charge is -2.32. The van der Waals surface area contributed by atoms with Gasteiger partial charge in [-0.1, -0.05) is 307 Å². The third-order valence-corrected chi connectivity index (χ3v) is 26.8. The van der Waals surface area contributed by atoms with Gasteiger partial charge >= 0.3 is 0 Å². The number of anilines is 7. The molecule has 7 aromatic carbocycles. The normalized spacial score (nSPS) is 12.3. The molecule has 0 radical (unpaired) electrons. The summed E-state index contributed by atoms with van der Waals surface area (Å²) in [5.41, 5.74) is 12.3. The Labute approximate surface area is 841 Å². The highest BCUT2D eigenvalue weighted by Crippen LogP contribution is 2.38. The third-order valence-electron chi connectivity index (χ3n) is 24.1. The van der Waals surface area contributed by atoms with Crippen LogP contribution < -0.4 is 73.6 Å². The van der Waals surface area contributed by atoms with Crippen molar-refractivity contribution in [3.05, 3.63) is 142 Å². The van der Waals surface area contributed by atoms with E-state index in [1.807, 2.05) is 49.0 Å². The average molecular weight is 1980 g/mol. The first kappa shape index (κ1) is 126. The Kier molecular flexibility index (Phi) is 53.8. The molecule has 0 spiro atoms. The van der Waals surface area contributed by atoms with Gasteiger partial charge < -0.3 is 69.8 Å². The molecule has 0 bridgehead atoms. The molecule has 3 N–H and O–H groups in total. The van der Waals surface area contributed by atoms with E-state index in [1.165, 1.54) is 25.7 Å². The Balaban J connectivity index is 0.000000776. The van der Waals surface area contributed by atoms with Gasteiger partial charge in [-0.15, -0.1) is 0 Å². The summed E-state index contributed by atoms with van der Waals surface area (Å²) in [6, 6.07) is 0. The quantitative estimate of drug-likeness (QED) is 0.0305. The summed E-state index contributed by atoms with van der Waals surface area (Å²) in [6.45, 7) is 92.3. The van der Waals surface area contributed by atoms with Crippen molar-refractivity contribution in [2.24, 2.45) is 0 Å². The zero-order valence-electron chi connectivity index (χ0n) is 90.6. The number of likely N-dealkylation sites (N-methyl/N-ethyl adjacent to an activating group) is 10. The maximum atomic E-state index is 12.0. The third kappa shape index (κ3) is 37.1. The SMILES string of the molecule is CCCN(C)CCN(C)c1c(C(C)(C)C)c(=O)c1=S.CCCN(C)CCNc1c(C(C)(C)C)c(=O)c1=S.CCCN(CC)CCN(C)c1c(C(C)(C)C)c(=O)c1=S.CCCN(CC)CCNc1c(C(C)(C)C)c(=O)c1=S.CCCN(CCC)CCNc1c(C(C)(C)C)c(=O)c1=S.CCN(C)CCN(C)c1c(C(C)(C)C)c(=O)c1=S.CCN(CC)CCN(C)c1c(C(C)(C)C)c(=O)c1=S. The van der Waals surface area contributed by atoms with Gasteiger partial charge in [0.05, 0.1) is 39.8 Å². The highest BCUT2D eigenvalue weighted by molar-refractivity contribution is 7.72. The summed E-state index contributed by atoms with van der Waals surface area (Å²) >= 11 is 36.3. The summed E-state index contributed by atoms with van der Waals surface area (Å²) < 4.78 is 3.45. The van der Waals surface area contributed by atoms with E-state index in [-0.39, 0.29) is 75.9 Å². The van der Waals surface area contributed by atoms with Gasteiger partial charge in [0, 0.05) is 159 Å². The summed E-state index contributed by atoms with van der Waals surface area (Å²) in [6.07, 6.45) is 7.00. The lowest BCUT2D eigenvalue weighted by atomic mass is 9.82. The maximum Gasteiger partial charge on any atom is 0.204 e. The highest BCUT2D eigenvalue weighted by Gasteiger charge is 2.36. The molecule has 0 heterocycles. The minimum Gasteiger partial charge on any atom is -0.382 e. The van der Waals surface area contributed by atoms with Crippen molar-refractivity contribution in [2.45, 2.75) is 298 Å². The van der Waals surface area contributed by atoms with Crippen LogP contribution in [0.1, 0.15) is 299 Å². The number of nitrogens with one attached hydrogen (secondary N) is 3. The Morgan fingerprint density at radius 1 is 0.203 bits per heavy atom. The van der Waals surface area contributed by atoms with Gasteiger partial charge in [0.1, 0.15) is 31.6 Å². The van der Waals surface area contributed by atoms with Gasteiger partial charge in [-0.3, -0.25) is 33.6 Å². The topological polar surface area (TPSA) is 191 Å². The Morgan fingerprint density at radius 2 is 0.398 bits per heavy atom. The zero-order valence-corrected chi connectivity index (χ0v) is 96.3. The standard InChI is InChI=1S/2C16H28N2OS.3C15H26N2OS.2C14H24N2OS/c1-7-9-18(8-2)11-10-17(6)13-12(16(3,4)5)14(19)15(13)20;1-6-9-18(10-7-2)11-8-17-13-12(16(3,4)5)14(19)15(13)20;1-7-8-16(5)9-10-17(6)12-11(15(2,3)4)13(18)14(12)19;1-7-17(8-2)10-9-16(6)12-11(15(3,4)5)13(18)14(12)19;1-6-9-17(7-2)10-8-16-12-11(15(3,4)5)13(18)14(12)19;1-7-15(5)8-9-16(6)11-10(14(2,3)4)12(17)13(11)18;1-6-8-16(5)9-7-15-11-10(14(2,3)4)12(17)13(11)18/h7-11H2,1-6H3;17H,6-11H2,1-5H3;2*7-10H2,1-6H3;16H,6-10H2,1-5H3;7-9H2,1-6H3;15H,6-9H2,1-5H3. The second-order valence-electron chi connectivity index (χ2n) is 43.2. The molecule has 0 fully saturated rings. The Hall–Kier alpha value is -5.18. The fourth-order valence-corrected chi connectivity index (χ4v) is 18.7. The first-order chi connectivity index (χ1) is 61.3. The molecule has 133 heavy (non-hydrogen) atoms. The second-order valence-corrected chi connectivity index (χ2v) is 46.1. The molecule has 0 unspecified atom stereocenters. The minimum atomic E-state index is -0.131. The molecule has 7 aromatic rings. The largest absolute Gasteiger partial charge is 0.382 e. The fraction of sp³-hybridized carbons (Fsp3) is 0.733. The smallest absolute Gasteiger partial charge is 0.204 e. The number of hydrogen-bond acceptors (Lipinski definition) is 28. The number of rotatable bonds is 45. The van der Waals surface area contributed by atoms with Gasteiger partial charge in [-0.25, -0.2) is 0 Å². The van der Waals surface area contributed by atoms with E-state index in [0.717, 1.165) is 255 Å². The van der Waals surface area contributed by atoms with Crippen molar-refractivity contribution < 1.29 is 0 Å². The van der Waals surface area contributed by atoms with Crippen LogP contribution in [-0.2, 0) is 37.9 Å². The highest BCUT2D eigenvalue weighted by atomic mass is 32.1. The van der Waals surface area contributed by atoms with E-state index in [0.29, 0.717) is 31.6 Å². The molecule has 0 aromatic heterocycles. The predicted molar refractivity (Wildman–Crippen MR) is 599 cm³/mol. The number of hydrogen-bond donors (Lipinski definition) is 3. The minimum absolute atomic E-state index is 0.0434. The molecular formula is C105H182N14O7S7. The van der Waals surface area contributed by atoms with Crippen molar-refractivity contribution >= 4 is 125 Å². The van der Waals surface area contributed by atoms with Gasteiger partial charge in [-0.2, -0.15) is 0 Å². The zero-order chi connectivity index (χ0) is 103. The molecule has 0 atom stereocenters. The van der Waals surface area contributed by atoms with Crippen LogP contribution in [0.4, 0.5) is 39.8 Å². The molecular weight excluding hydrogens is 1790 g/mol. The lowest BCUT2D eigenvalue weighted by Crippen LogP contribution is -2.39. The van der Waals surface area contributed by atoms with Crippen LogP contribution in [0, 0.1) is 31.6 Å². The van der Waals surface area contributed by atoms with Crippen LogP contribution in [-0.4, -0.2) is 247 Å².